The fourth-order valence-electron chi connectivity index (χ4n) is 3.17. The molecule has 1 saturated carbocycles. The Morgan fingerprint density at radius 2 is 2.12 bits per heavy atom. The van der Waals surface area contributed by atoms with Crippen molar-refractivity contribution < 1.29 is 4.74 Å². The highest BCUT2D eigenvalue weighted by Gasteiger charge is 2.59. The topological polar surface area (TPSA) is 47.0 Å². The molecule has 0 aromatic carbocycles. The monoisotopic (exact) mass is 219 g/mol. The van der Waals surface area contributed by atoms with Crippen LogP contribution < -0.4 is 5.32 Å². The summed E-state index contributed by atoms with van der Waals surface area (Å²) in [5, 5.41) is 3.54. The van der Waals surface area contributed by atoms with E-state index in [2.05, 4.69) is 29.1 Å². The summed E-state index contributed by atoms with van der Waals surface area (Å²) in [7, 11) is 0. The normalized spacial score (nSPS) is 35.2. The van der Waals surface area contributed by atoms with E-state index in [0.29, 0.717) is 18.1 Å². The Bertz CT molecular complexity index is 379. The molecular weight excluding hydrogens is 202 g/mol. The lowest BCUT2D eigenvalue weighted by molar-refractivity contribution is -0.0923. The van der Waals surface area contributed by atoms with Gasteiger partial charge in [0.15, 0.2) is 0 Å². The lowest BCUT2D eigenvalue weighted by atomic mass is 9.57. The molecule has 0 amide bonds. The first kappa shape index (κ1) is 10.0. The van der Waals surface area contributed by atoms with Crippen LogP contribution in [0.3, 0.4) is 0 Å². The third-order valence-corrected chi connectivity index (χ3v) is 3.98. The van der Waals surface area contributed by atoms with E-state index in [4.69, 9.17) is 4.74 Å². The Morgan fingerprint density at radius 1 is 1.38 bits per heavy atom. The number of rotatable bonds is 2. The average Bonchev–Trinajstić information content (AvgIpc) is 2.74. The van der Waals surface area contributed by atoms with Crippen molar-refractivity contribution >= 4 is 5.69 Å². The van der Waals surface area contributed by atoms with E-state index >= 15 is 0 Å². The van der Waals surface area contributed by atoms with E-state index in [9.17, 15) is 0 Å². The molecule has 0 bridgehead atoms. The first-order valence-electron chi connectivity index (χ1n) is 5.83. The lowest BCUT2D eigenvalue weighted by Gasteiger charge is -2.54. The highest BCUT2D eigenvalue weighted by Crippen LogP contribution is 2.53. The maximum atomic E-state index is 5.76. The minimum absolute atomic E-state index is 0.205. The third-order valence-electron chi connectivity index (χ3n) is 3.98. The molecule has 2 aliphatic rings. The van der Waals surface area contributed by atoms with E-state index in [-0.39, 0.29) is 5.41 Å². The highest BCUT2D eigenvalue weighted by molar-refractivity contribution is 5.41. The number of hydrogen-bond acceptors (Lipinski definition) is 4. The minimum atomic E-state index is 0.205. The molecule has 3 unspecified atom stereocenters. The molecule has 2 heterocycles. The van der Waals surface area contributed by atoms with Crippen LogP contribution in [0.5, 0.6) is 0 Å². The van der Waals surface area contributed by atoms with E-state index in [1.165, 1.54) is 6.42 Å². The Morgan fingerprint density at radius 3 is 2.88 bits per heavy atom. The standard InChI is InChI=1S/C12H17N3O/c1-12(2)10(9-3-4-16-11(9)12)15-8-5-13-7-14-6-8/h5-7,9-11,15H,3-4H2,1-2H3. The summed E-state index contributed by atoms with van der Waals surface area (Å²) < 4.78 is 5.76. The predicted molar refractivity (Wildman–Crippen MR) is 61.1 cm³/mol. The van der Waals surface area contributed by atoms with E-state index in [1.807, 2.05) is 12.4 Å². The second-order valence-corrected chi connectivity index (χ2v) is 5.31. The summed E-state index contributed by atoms with van der Waals surface area (Å²) in [5.74, 6) is 0.648. The van der Waals surface area contributed by atoms with Crippen LogP contribution in [0, 0.1) is 11.3 Å². The third kappa shape index (κ3) is 1.33. The SMILES string of the molecule is CC1(C)C(Nc2cncnc2)C2CCOC21. The van der Waals surface area contributed by atoms with Gasteiger partial charge in [0.1, 0.15) is 6.33 Å². The van der Waals surface area contributed by atoms with Crippen LogP contribution in [-0.2, 0) is 4.74 Å². The molecule has 1 aliphatic carbocycles. The second kappa shape index (κ2) is 3.42. The molecule has 0 spiro atoms. The average molecular weight is 219 g/mol. The molecule has 4 nitrogen and oxygen atoms in total. The maximum absolute atomic E-state index is 5.76. The number of ether oxygens (including phenoxy) is 1. The Balaban J connectivity index is 1.76. The zero-order valence-electron chi connectivity index (χ0n) is 9.68. The van der Waals surface area contributed by atoms with Gasteiger partial charge in [-0.2, -0.15) is 0 Å². The molecule has 1 saturated heterocycles. The summed E-state index contributed by atoms with van der Waals surface area (Å²) >= 11 is 0. The summed E-state index contributed by atoms with van der Waals surface area (Å²) in [6.07, 6.45) is 6.80. The number of nitrogens with one attached hydrogen (secondary N) is 1. The lowest BCUT2D eigenvalue weighted by Crippen LogP contribution is -2.63. The quantitative estimate of drug-likeness (QED) is 0.822. The molecule has 1 aromatic rings. The highest BCUT2D eigenvalue weighted by atomic mass is 16.5. The predicted octanol–water partition coefficient (Wildman–Crippen LogP) is 1.70. The van der Waals surface area contributed by atoms with Crippen LogP contribution in [0.2, 0.25) is 0 Å². The van der Waals surface area contributed by atoms with Gasteiger partial charge in [-0.15, -0.1) is 0 Å². The van der Waals surface area contributed by atoms with Gasteiger partial charge in [-0.25, -0.2) is 9.97 Å². The van der Waals surface area contributed by atoms with Crippen LogP contribution in [0.1, 0.15) is 20.3 Å². The van der Waals surface area contributed by atoms with E-state index in [0.717, 1.165) is 12.3 Å². The Hall–Kier alpha value is -1.16. The zero-order valence-corrected chi connectivity index (χ0v) is 9.68. The van der Waals surface area contributed by atoms with Gasteiger partial charge < -0.3 is 10.1 Å². The van der Waals surface area contributed by atoms with Gasteiger partial charge >= 0.3 is 0 Å². The zero-order chi connectivity index (χ0) is 11.2. The van der Waals surface area contributed by atoms with Gasteiger partial charge in [0.2, 0.25) is 0 Å². The molecule has 4 heteroatoms. The van der Waals surface area contributed by atoms with Crippen molar-refractivity contribution in [3.05, 3.63) is 18.7 Å². The number of aromatic nitrogens is 2. The van der Waals surface area contributed by atoms with Crippen molar-refractivity contribution in [2.24, 2.45) is 11.3 Å². The molecular formula is C12H17N3O. The largest absolute Gasteiger partial charge is 0.379 e. The summed E-state index contributed by atoms with van der Waals surface area (Å²) in [5.41, 5.74) is 1.21. The van der Waals surface area contributed by atoms with Crippen LogP contribution in [-0.4, -0.2) is 28.7 Å². The molecule has 1 aromatic heterocycles. The Labute approximate surface area is 95.4 Å². The fraction of sp³-hybridized carbons (Fsp3) is 0.667. The maximum Gasteiger partial charge on any atom is 0.115 e. The van der Waals surface area contributed by atoms with Crippen LogP contribution in [0.4, 0.5) is 5.69 Å². The van der Waals surface area contributed by atoms with E-state index in [1.54, 1.807) is 6.33 Å². The first-order valence-corrected chi connectivity index (χ1v) is 5.83. The number of anilines is 1. The van der Waals surface area contributed by atoms with E-state index < -0.39 is 0 Å². The number of fused-ring (bicyclic) bond motifs is 1. The summed E-state index contributed by atoms with van der Waals surface area (Å²) in [6.45, 7) is 5.43. The van der Waals surface area contributed by atoms with Crippen LogP contribution in [0.25, 0.3) is 0 Å². The van der Waals surface area contributed by atoms with Crippen molar-refractivity contribution in [2.75, 3.05) is 11.9 Å². The molecule has 16 heavy (non-hydrogen) atoms. The van der Waals surface area contributed by atoms with Crippen molar-refractivity contribution in [3.8, 4) is 0 Å². The van der Waals surface area contributed by atoms with Crippen molar-refractivity contribution in [1.82, 2.24) is 9.97 Å². The number of hydrogen-bond donors (Lipinski definition) is 1. The van der Waals surface area contributed by atoms with Crippen molar-refractivity contribution in [1.29, 1.82) is 0 Å². The van der Waals surface area contributed by atoms with Gasteiger partial charge in [-0.3, -0.25) is 0 Å². The van der Waals surface area contributed by atoms with Crippen molar-refractivity contribution in [3.63, 3.8) is 0 Å². The van der Waals surface area contributed by atoms with Gasteiger partial charge in [0, 0.05) is 24.0 Å². The van der Waals surface area contributed by atoms with Gasteiger partial charge in [0.05, 0.1) is 24.2 Å². The molecule has 3 atom stereocenters. The van der Waals surface area contributed by atoms with Crippen LogP contribution >= 0.6 is 0 Å². The molecule has 86 valence electrons. The summed E-state index contributed by atoms with van der Waals surface area (Å²) in [6, 6.07) is 0.478. The van der Waals surface area contributed by atoms with Crippen LogP contribution in [0.15, 0.2) is 18.7 Å². The second-order valence-electron chi connectivity index (χ2n) is 5.31. The van der Waals surface area contributed by atoms with Gasteiger partial charge in [0.25, 0.3) is 0 Å². The minimum Gasteiger partial charge on any atom is -0.379 e. The first-order chi connectivity index (χ1) is 7.69. The summed E-state index contributed by atoms with van der Waals surface area (Å²) in [4.78, 5) is 8.05. The Kier molecular flexibility index (Phi) is 2.14. The molecule has 2 fully saturated rings. The molecule has 3 rings (SSSR count). The fourth-order valence-corrected chi connectivity index (χ4v) is 3.17. The molecule has 1 N–H and O–H groups in total. The molecule has 1 aliphatic heterocycles. The van der Waals surface area contributed by atoms with Crippen molar-refractivity contribution in [2.45, 2.75) is 32.4 Å². The number of nitrogens with zero attached hydrogens (tertiary/aromatic N) is 2. The molecule has 0 radical (unpaired) electrons. The van der Waals surface area contributed by atoms with Gasteiger partial charge in [-0.05, 0) is 6.42 Å². The van der Waals surface area contributed by atoms with Gasteiger partial charge in [-0.1, -0.05) is 13.8 Å². The smallest absolute Gasteiger partial charge is 0.115 e.